The molecule has 15 heavy (non-hydrogen) atoms. The molecule has 0 fully saturated rings. The van der Waals surface area contributed by atoms with Crippen molar-refractivity contribution in [2.75, 3.05) is 31.8 Å². The van der Waals surface area contributed by atoms with Crippen molar-refractivity contribution in [3.05, 3.63) is 12.7 Å². The molecule has 6 heteroatoms. The Hall–Kier alpha value is -1.17. The van der Waals surface area contributed by atoms with Crippen LogP contribution < -0.4 is 5.32 Å². The largest absolute Gasteiger partial charge is 0.461 e. The molecule has 0 bridgehead atoms. The number of carbonyl (C=O) groups is 2. The second kappa shape index (κ2) is 9.39. The molecule has 0 heterocycles. The van der Waals surface area contributed by atoms with Gasteiger partial charge in [0.1, 0.15) is 13.2 Å². The van der Waals surface area contributed by atoms with E-state index in [0.717, 1.165) is 11.8 Å². The highest BCUT2D eigenvalue weighted by atomic mass is 32.2. The second-order valence-corrected chi connectivity index (χ2v) is 3.41. The average Bonchev–Trinajstić information content (AvgIpc) is 2.24. The first-order valence-corrected chi connectivity index (χ1v) is 5.79. The summed E-state index contributed by atoms with van der Waals surface area (Å²) in [6.45, 7) is 3.96. The van der Waals surface area contributed by atoms with Crippen molar-refractivity contribution in [1.29, 1.82) is 0 Å². The molecule has 0 saturated carbocycles. The van der Waals surface area contributed by atoms with Crippen molar-refractivity contribution < 1.29 is 19.1 Å². The molecule has 0 saturated heterocycles. The smallest absolute Gasteiger partial charge is 0.407 e. The van der Waals surface area contributed by atoms with Gasteiger partial charge >= 0.3 is 12.1 Å². The predicted octanol–water partition coefficient (Wildman–Crippen LogP) is 0.805. The predicted molar refractivity (Wildman–Crippen MR) is 58.9 cm³/mol. The summed E-state index contributed by atoms with van der Waals surface area (Å²) in [5, 5.41) is 2.44. The molecule has 5 nitrogen and oxygen atoms in total. The summed E-state index contributed by atoms with van der Waals surface area (Å²) < 4.78 is 9.42. The molecular formula is C9H15NO4S. The zero-order valence-corrected chi connectivity index (χ0v) is 9.47. The number of alkyl carbamates (subject to hydrolysis) is 1. The summed E-state index contributed by atoms with van der Waals surface area (Å²) in [4.78, 5) is 21.5. The zero-order valence-electron chi connectivity index (χ0n) is 8.65. The van der Waals surface area contributed by atoms with Crippen LogP contribution in [0.25, 0.3) is 0 Å². The van der Waals surface area contributed by atoms with Crippen LogP contribution in [0.4, 0.5) is 4.79 Å². The summed E-state index contributed by atoms with van der Waals surface area (Å²) in [5.74, 6) is 0.256. The fraction of sp³-hybridized carbons (Fsp3) is 0.556. The van der Waals surface area contributed by atoms with E-state index >= 15 is 0 Å². The molecular weight excluding hydrogens is 218 g/mol. The Morgan fingerprint density at radius 3 is 2.73 bits per heavy atom. The van der Waals surface area contributed by atoms with Crippen LogP contribution in [0.3, 0.4) is 0 Å². The fourth-order valence-electron chi connectivity index (χ4n) is 0.632. The van der Waals surface area contributed by atoms with E-state index in [1.54, 1.807) is 11.8 Å². The molecule has 0 radical (unpaired) electrons. The third kappa shape index (κ3) is 9.14. The highest BCUT2D eigenvalue weighted by molar-refractivity contribution is 7.98. The first-order valence-electron chi connectivity index (χ1n) is 4.39. The van der Waals surface area contributed by atoms with Gasteiger partial charge in [-0.1, -0.05) is 6.58 Å². The fourth-order valence-corrected chi connectivity index (χ4v) is 0.882. The quantitative estimate of drug-likeness (QED) is 0.400. The Bertz CT molecular complexity index is 220. The van der Waals surface area contributed by atoms with Crippen LogP contribution in [0.15, 0.2) is 12.7 Å². The Morgan fingerprint density at radius 1 is 1.40 bits per heavy atom. The molecule has 0 aromatic heterocycles. The van der Waals surface area contributed by atoms with Crippen molar-refractivity contribution in [2.45, 2.75) is 0 Å². The lowest BCUT2D eigenvalue weighted by Crippen LogP contribution is -2.29. The molecule has 0 aliphatic carbocycles. The summed E-state index contributed by atoms with van der Waals surface area (Å²) >= 11 is 1.59. The van der Waals surface area contributed by atoms with Crippen molar-refractivity contribution in [3.8, 4) is 0 Å². The first kappa shape index (κ1) is 13.8. The Balaban J connectivity index is 3.31. The number of hydrogen-bond donors (Lipinski definition) is 1. The Kier molecular flexibility index (Phi) is 8.66. The minimum atomic E-state index is -0.507. The standard InChI is InChI=1S/C9H15NO4S/c1-3-8(11)13-5-4-10-9(12)14-6-7-15-2/h3H,1,4-7H2,2H3,(H,10,12). The monoisotopic (exact) mass is 233 g/mol. The Labute approximate surface area is 93.2 Å². The maximum atomic E-state index is 10.9. The molecule has 0 spiro atoms. The molecule has 0 aromatic carbocycles. The SMILES string of the molecule is C=CC(=O)OCCNC(=O)OCCSC. The van der Waals surface area contributed by atoms with Crippen molar-refractivity contribution in [1.82, 2.24) is 5.32 Å². The number of esters is 1. The zero-order chi connectivity index (χ0) is 11.5. The lowest BCUT2D eigenvalue weighted by molar-refractivity contribution is -0.137. The number of rotatable bonds is 7. The second-order valence-electron chi connectivity index (χ2n) is 2.43. The highest BCUT2D eigenvalue weighted by Crippen LogP contribution is 1.90. The van der Waals surface area contributed by atoms with Crippen LogP contribution in [0.5, 0.6) is 0 Å². The number of thioether (sulfide) groups is 1. The minimum Gasteiger partial charge on any atom is -0.461 e. The van der Waals surface area contributed by atoms with Crippen molar-refractivity contribution >= 4 is 23.8 Å². The normalized spacial score (nSPS) is 9.13. The lowest BCUT2D eigenvalue weighted by Gasteiger charge is -2.06. The van der Waals surface area contributed by atoms with Crippen LogP contribution in [0, 0.1) is 0 Å². The molecule has 1 amide bonds. The van der Waals surface area contributed by atoms with E-state index in [1.807, 2.05) is 6.26 Å². The van der Waals surface area contributed by atoms with Crippen molar-refractivity contribution in [3.63, 3.8) is 0 Å². The summed E-state index contributed by atoms with van der Waals surface area (Å²) in [5.41, 5.74) is 0. The third-order valence-corrected chi connectivity index (χ3v) is 1.88. The van der Waals surface area contributed by atoms with Gasteiger partial charge in [-0.2, -0.15) is 11.8 Å². The molecule has 0 atom stereocenters. The summed E-state index contributed by atoms with van der Waals surface area (Å²) in [6, 6.07) is 0. The van der Waals surface area contributed by atoms with Gasteiger partial charge in [-0.3, -0.25) is 0 Å². The van der Waals surface area contributed by atoms with Gasteiger partial charge in [0.05, 0.1) is 6.54 Å². The van der Waals surface area contributed by atoms with Gasteiger partial charge in [-0.05, 0) is 6.26 Å². The van der Waals surface area contributed by atoms with E-state index in [1.165, 1.54) is 0 Å². The van der Waals surface area contributed by atoms with Gasteiger partial charge in [0.2, 0.25) is 0 Å². The number of ether oxygens (including phenoxy) is 2. The minimum absolute atomic E-state index is 0.114. The molecule has 0 rings (SSSR count). The highest BCUT2D eigenvalue weighted by Gasteiger charge is 2.01. The molecule has 0 aromatic rings. The van der Waals surface area contributed by atoms with Gasteiger partial charge in [-0.15, -0.1) is 0 Å². The molecule has 0 aliphatic heterocycles. The van der Waals surface area contributed by atoms with Gasteiger partial charge in [0.15, 0.2) is 0 Å². The van der Waals surface area contributed by atoms with Crippen LogP contribution in [0.1, 0.15) is 0 Å². The number of nitrogens with one attached hydrogen (secondary N) is 1. The topological polar surface area (TPSA) is 64.6 Å². The van der Waals surface area contributed by atoms with Gasteiger partial charge < -0.3 is 14.8 Å². The molecule has 0 aliphatic rings. The summed E-state index contributed by atoms with van der Waals surface area (Å²) in [7, 11) is 0. The van der Waals surface area contributed by atoms with E-state index in [-0.39, 0.29) is 13.2 Å². The lowest BCUT2D eigenvalue weighted by atomic mass is 10.6. The number of carbonyl (C=O) groups excluding carboxylic acids is 2. The van der Waals surface area contributed by atoms with Gasteiger partial charge in [-0.25, -0.2) is 9.59 Å². The first-order chi connectivity index (χ1) is 7.20. The van der Waals surface area contributed by atoms with Gasteiger partial charge in [0.25, 0.3) is 0 Å². The van der Waals surface area contributed by atoms with E-state index < -0.39 is 12.1 Å². The molecule has 86 valence electrons. The Morgan fingerprint density at radius 2 is 2.13 bits per heavy atom. The number of hydrogen-bond acceptors (Lipinski definition) is 5. The molecule has 0 unspecified atom stereocenters. The average molecular weight is 233 g/mol. The number of amides is 1. The van der Waals surface area contributed by atoms with E-state index in [0.29, 0.717) is 6.61 Å². The van der Waals surface area contributed by atoms with E-state index in [9.17, 15) is 9.59 Å². The maximum Gasteiger partial charge on any atom is 0.407 e. The van der Waals surface area contributed by atoms with Crippen molar-refractivity contribution in [2.24, 2.45) is 0 Å². The maximum absolute atomic E-state index is 10.9. The van der Waals surface area contributed by atoms with E-state index in [2.05, 4.69) is 16.6 Å². The van der Waals surface area contributed by atoms with Crippen LogP contribution >= 0.6 is 11.8 Å². The van der Waals surface area contributed by atoms with Crippen LogP contribution in [-0.2, 0) is 14.3 Å². The van der Waals surface area contributed by atoms with E-state index in [4.69, 9.17) is 4.74 Å². The van der Waals surface area contributed by atoms with Gasteiger partial charge in [0, 0.05) is 11.8 Å². The third-order valence-electron chi connectivity index (χ3n) is 1.30. The van der Waals surface area contributed by atoms with Crippen LogP contribution in [-0.4, -0.2) is 43.8 Å². The van der Waals surface area contributed by atoms with Crippen LogP contribution in [0.2, 0.25) is 0 Å². The summed E-state index contributed by atoms with van der Waals surface area (Å²) in [6.07, 6.45) is 2.49. The molecule has 1 N–H and O–H groups in total.